The van der Waals surface area contributed by atoms with Gasteiger partial charge in [0.05, 0.1) is 28.5 Å². The summed E-state index contributed by atoms with van der Waals surface area (Å²) in [6.45, 7) is 1.96. The van der Waals surface area contributed by atoms with Crippen molar-refractivity contribution in [3.8, 4) is 0 Å². The van der Waals surface area contributed by atoms with Gasteiger partial charge in [-0.2, -0.15) is 0 Å². The zero-order chi connectivity index (χ0) is 20.3. The maximum Gasteiger partial charge on any atom is 0.291 e. The fraction of sp³-hybridized carbons (Fsp3) is 0.273. The summed E-state index contributed by atoms with van der Waals surface area (Å²) in [7, 11) is -3.21. The third-order valence-corrected chi connectivity index (χ3v) is 7.56. The molecule has 0 saturated carbocycles. The average molecular weight is 409 g/mol. The third kappa shape index (κ3) is 2.80. The first-order chi connectivity index (χ1) is 13.9. The van der Waals surface area contributed by atoms with Crippen LogP contribution in [0, 0.1) is 6.92 Å². The summed E-state index contributed by atoms with van der Waals surface area (Å²) >= 11 is 0. The Morgan fingerprint density at radius 1 is 1.03 bits per heavy atom. The number of hydrogen-bond acceptors (Lipinski definition) is 5. The number of nitrogens with zero attached hydrogens (tertiary/aromatic N) is 1. The van der Waals surface area contributed by atoms with Crippen LogP contribution in [0.2, 0.25) is 0 Å². The molecule has 6 nitrogen and oxygen atoms in total. The van der Waals surface area contributed by atoms with Crippen molar-refractivity contribution in [3.63, 3.8) is 0 Å². The number of amides is 1. The van der Waals surface area contributed by atoms with Crippen LogP contribution in [0.25, 0.3) is 11.0 Å². The van der Waals surface area contributed by atoms with Gasteiger partial charge in [-0.1, -0.05) is 42.0 Å². The number of para-hydroxylation sites is 1. The van der Waals surface area contributed by atoms with Gasteiger partial charge in [-0.3, -0.25) is 9.59 Å². The highest BCUT2D eigenvalue weighted by molar-refractivity contribution is 7.91. The van der Waals surface area contributed by atoms with Gasteiger partial charge in [0.15, 0.2) is 15.3 Å². The van der Waals surface area contributed by atoms with Gasteiger partial charge in [0.2, 0.25) is 5.76 Å². The minimum atomic E-state index is -3.21. The van der Waals surface area contributed by atoms with Crippen LogP contribution >= 0.6 is 0 Å². The molecular weight excluding hydrogens is 390 g/mol. The van der Waals surface area contributed by atoms with Crippen molar-refractivity contribution in [1.82, 2.24) is 4.90 Å². The summed E-state index contributed by atoms with van der Waals surface area (Å²) < 4.78 is 30.1. The molecule has 2 aliphatic heterocycles. The minimum Gasteiger partial charge on any atom is -0.450 e. The van der Waals surface area contributed by atoms with Crippen LogP contribution in [0.3, 0.4) is 0 Å². The molecule has 7 heteroatoms. The van der Waals surface area contributed by atoms with E-state index >= 15 is 0 Å². The monoisotopic (exact) mass is 409 g/mol. The summed E-state index contributed by atoms with van der Waals surface area (Å²) in [5.41, 5.74) is 2.23. The Morgan fingerprint density at radius 2 is 1.76 bits per heavy atom. The van der Waals surface area contributed by atoms with Crippen LogP contribution < -0.4 is 5.43 Å². The summed E-state index contributed by atoms with van der Waals surface area (Å²) in [4.78, 5) is 28.2. The maximum atomic E-state index is 13.3. The molecule has 3 aromatic rings. The molecule has 29 heavy (non-hydrogen) atoms. The van der Waals surface area contributed by atoms with Crippen molar-refractivity contribution >= 4 is 26.7 Å². The van der Waals surface area contributed by atoms with Crippen molar-refractivity contribution in [1.29, 1.82) is 0 Å². The molecule has 0 unspecified atom stereocenters. The molecule has 3 heterocycles. The van der Waals surface area contributed by atoms with Gasteiger partial charge in [0.25, 0.3) is 5.91 Å². The number of carbonyl (C=O) groups excluding carboxylic acids is 1. The zero-order valence-corrected chi connectivity index (χ0v) is 16.6. The molecule has 1 fully saturated rings. The molecule has 0 aliphatic carbocycles. The lowest BCUT2D eigenvalue weighted by Crippen LogP contribution is -2.40. The predicted molar refractivity (Wildman–Crippen MR) is 109 cm³/mol. The Hall–Kier alpha value is -2.93. The van der Waals surface area contributed by atoms with E-state index in [2.05, 4.69) is 0 Å². The highest BCUT2D eigenvalue weighted by Crippen LogP contribution is 2.41. The van der Waals surface area contributed by atoms with Crippen LogP contribution in [0.5, 0.6) is 0 Å². The average Bonchev–Trinajstić information content (AvgIpc) is 3.20. The highest BCUT2D eigenvalue weighted by Gasteiger charge is 2.48. The number of benzene rings is 2. The van der Waals surface area contributed by atoms with Gasteiger partial charge in [-0.05, 0) is 31.0 Å². The molecule has 2 atom stereocenters. The van der Waals surface area contributed by atoms with Crippen LogP contribution in [0.15, 0.2) is 57.7 Å². The lowest BCUT2D eigenvalue weighted by Gasteiger charge is -2.30. The first-order valence-corrected chi connectivity index (χ1v) is 11.3. The molecule has 1 saturated heterocycles. The zero-order valence-electron chi connectivity index (χ0n) is 15.8. The van der Waals surface area contributed by atoms with Gasteiger partial charge in [0.1, 0.15) is 5.58 Å². The molecule has 148 valence electrons. The standard InChI is InChI=1S/C22H19NO5S/c1-13-6-8-14(9-7-13)19-18-20(24)16-4-2-3-5-17(16)28-21(18)22(25)23(19)15-10-11-29(26,27)12-15/h2-9,15,19H,10-12H2,1H3/t15-,19+/m1/s1. The number of sulfone groups is 1. The van der Waals surface area contributed by atoms with E-state index in [0.717, 1.165) is 11.1 Å². The molecule has 0 N–H and O–H groups in total. The molecule has 0 radical (unpaired) electrons. The largest absolute Gasteiger partial charge is 0.450 e. The fourth-order valence-electron chi connectivity index (χ4n) is 4.38. The quantitative estimate of drug-likeness (QED) is 0.650. The Labute approximate surface area is 167 Å². The molecule has 0 bridgehead atoms. The van der Waals surface area contributed by atoms with E-state index in [-0.39, 0.29) is 22.7 Å². The summed E-state index contributed by atoms with van der Waals surface area (Å²) in [5.74, 6) is -0.455. The van der Waals surface area contributed by atoms with E-state index < -0.39 is 27.8 Å². The second-order valence-electron chi connectivity index (χ2n) is 7.75. The van der Waals surface area contributed by atoms with Crippen LogP contribution in [0.1, 0.15) is 39.7 Å². The number of fused-ring (bicyclic) bond motifs is 2. The van der Waals surface area contributed by atoms with Gasteiger partial charge < -0.3 is 9.32 Å². The number of aryl methyl sites for hydroxylation is 1. The van der Waals surface area contributed by atoms with Gasteiger partial charge in [-0.25, -0.2) is 8.42 Å². The molecule has 1 aromatic heterocycles. The highest BCUT2D eigenvalue weighted by atomic mass is 32.2. The predicted octanol–water partition coefficient (Wildman–Crippen LogP) is 2.83. The summed E-state index contributed by atoms with van der Waals surface area (Å²) in [6.07, 6.45) is 0.359. The van der Waals surface area contributed by atoms with E-state index in [0.29, 0.717) is 23.0 Å². The minimum absolute atomic E-state index is 0.0172. The maximum absolute atomic E-state index is 13.3. The Morgan fingerprint density at radius 3 is 2.45 bits per heavy atom. The van der Waals surface area contributed by atoms with E-state index in [4.69, 9.17) is 4.42 Å². The summed E-state index contributed by atoms with van der Waals surface area (Å²) in [6, 6.07) is 13.3. The topological polar surface area (TPSA) is 84.7 Å². The fourth-order valence-corrected chi connectivity index (χ4v) is 6.10. The van der Waals surface area contributed by atoms with Crippen molar-refractivity contribution in [2.24, 2.45) is 0 Å². The second kappa shape index (κ2) is 6.29. The number of hydrogen-bond donors (Lipinski definition) is 0. The van der Waals surface area contributed by atoms with Crippen LogP contribution in [-0.4, -0.2) is 36.8 Å². The first kappa shape index (κ1) is 18.1. The number of rotatable bonds is 2. The van der Waals surface area contributed by atoms with Crippen molar-refractivity contribution in [2.45, 2.75) is 25.4 Å². The second-order valence-corrected chi connectivity index (χ2v) is 9.98. The molecule has 2 aromatic carbocycles. The third-order valence-electron chi connectivity index (χ3n) is 5.81. The molecular formula is C22H19NO5S. The Kier molecular flexibility index (Phi) is 3.93. The lowest BCUT2D eigenvalue weighted by atomic mass is 9.97. The van der Waals surface area contributed by atoms with Gasteiger partial charge >= 0.3 is 0 Å². The van der Waals surface area contributed by atoms with E-state index in [1.54, 1.807) is 29.2 Å². The molecule has 2 aliphatic rings. The number of carbonyl (C=O) groups is 1. The van der Waals surface area contributed by atoms with E-state index in [1.807, 2.05) is 31.2 Å². The molecule has 5 rings (SSSR count). The molecule has 1 amide bonds. The van der Waals surface area contributed by atoms with Crippen molar-refractivity contribution < 1.29 is 17.6 Å². The SMILES string of the molecule is Cc1ccc([C@H]2c3c(oc4ccccc4c3=O)C(=O)N2[C@@H]2CCS(=O)(=O)C2)cc1. The van der Waals surface area contributed by atoms with E-state index in [9.17, 15) is 18.0 Å². The van der Waals surface area contributed by atoms with Crippen molar-refractivity contribution in [2.75, 3.05) is 11.5 Å². The van der Waals surface area contributed by atoms with Gasteiger partial charge in [-0.15, -0.1) is 0 Å². The summed E-state index contributed by atoms with van der Waals surface area (Å²) in [5, 5.41) is 0.414. The Bertz CT molecular complexity index is 1310. The van der Waals surface area contributed by atoms with Crippen LogP contribution in [0.4, 0.5) is 0 Å². The first-order valence-electron chi connectivity index (χ1n) is 9.51. The van der Waals surface area contributed by atoms with E-state index in [1.165, 1.54) is 0 Å². The van der Waals surface area contributed by atoms with Gasteiger partial charge in [0, 0.05) is 6.04 Å². The smallest absolute Gasteiger partial charge is 0.291 e. The normalized spacial score (nSPS) is 22.9. The van der Waals surface area contributed by atoms with Crippen molar-refractivity contribution in [3.05, 3.63) is 81.2 Å². The lowest BCUT2D eigenvalue weighted by molar-refractivity contribution is 0.0662. The van der Waals surface area contributed by atoms with Crippen LogP contribution in [-0.2, 0) is 9.84 Å². The molecule has 0 spiro atoms. The Balaban J connectivity index is 1.76.